The molecule has 0 aliphatic carbocycles. The van der Waals surface area contributed by atoms with Gasteiger partial charge in [0.05, 0.1) is 23.3 Å². The maximum Gasteiger partial charge on any atom is 0.418 e. The number of hydrogen-bond acceptors (Lipinski definition) is 4. The average Bonchev–Trinajstić information content (AvgIpc) is 3.03. The van der Waals surface area contributed by atoms with E-state index in [1.807, 2.05) is 13.8 Å². The smallest absolute Gasteiger partial charge is 0.324 e. The van der Waals surface area contributed by atoms with Crippen LogP contribution in [0.5, 0.6) is 0 Å². The standard InChI is InChI=1S/C16H20F3N5O/c1-4-24-14(20-9-21-24)10(2)22-11(3)15(25)23-13-8-6-5-7-12(13)16(17,18)19/h5-11,22H,4H2,1-3H3,(H,23,25). The SMILES string of the molecule is CCn1ncnc1C(C)NC(C)C(=O)Nc1ccccc1C(F)(F)F. The monoisotopic (exact) mass is 355 g/mol. The highest BCUT2D eigenvalue weighted by Gasteiger charge is 2.34. The van der Waals surface area contributed by atoms with Gasteiger partial charge in [0, 0.05) is 6.54 Å². The molecule has 1 heterocycles. The molecule has 0 bridgehead atoms. The van der Waals surface area contributed by atoms with Crippen LogP contribution in [-0.2, 0) is 17.5 Å². The number of para-hydroxylation sites is 1. The van der Waals surface area contributed by atoms with Crippen molar-refractivity contribution in [3.05, 3.63) is 42.0 Å². The van der Waals surface area contributed by atoms with Crippen LogP contribution in [0, 0.1) is 0 Å². The Morgan fingerprint density at radius 3 is 2.60 bits per heavy atom. The number of nitrogens with one attached hydrogen (secondary N) is 2. The van der Waals surface area contributed by atoms with Crippen LogP contribution in [0.15, 0.2) is 30.6 Å². The number of benzene rings is 1. The van der Waals surface area contributed by atoms with Gasteiger partial charge < -0.3 is 5.32 Å². The van der Waals surface area contributed by atoms with Crippen LogP contribution in [0.3, 0.4) is 0 Å². The molecule has 0 saturated heterocycles. The minimum atomic E-state index is -4.54. The normalized spacial score (nSPS) is 14.2. The molecule has 0 radical (unpaired) electrons. The topological polar surface area (TPSA) is 71.8 Å². The first-order valence-electron chi connectivity index (χ1n) is 7.84. The molecule has 1 aromatic heterocycles. The Kier molecular flexibility index (Phi) is 5.78. The molecule has 2 atom stereocenters. The largest absolute Gasteiger partial charge is 0.418 e. The molecule has 136 valence electrons. The minimum absolute atomic E-state index is 0.266. The number of alkyl halides is 3. The van der Waals surface area contributed by atoms with Gasteiger partial charge in [0.1, 0.15) is 12.2 Å². The van der Waals surface area contributed by atoms with E-state index in [1.54, 1.807) is 11.6 Å². The third-order valence-corrected chi connectivity index (χ3v) is 3.72. The molecule has 9 heteroatoms. The Morgan fingerprint density at radius 2 is 1.96 bits per heavy atom. The summed E-state index contributed by atoms with van der Waals surface area (Å²) in [5, 5.41) is 9.40. The number of rotatable bonds is 6. The van der Waals surface area contributed by atoms with Gasteiger partial charge in [0.2, 0.25) is 5.91 Å². The summed E-state index contributed by atoms with van der Waals surface area (Å²) in [5.41, 5.74) is -1.15. The van der Waals surface area contributed by atoms with Crippen molar-refractivity contribution in [1.82, 2.24) is 20.1 Å². The number of carbonyl (C=O) groups is 1. The fraction of sp³-hybridized carbons (Fsp3) is 0.438. The van der Waals surface area contributed by atoms with E-state index in [9.17, 15) is 18.0 Å². The van der Waals surface area contributed by atoms with Crippen LogP contribution in [-0.4, -0.2) is 26.7 Å². The van der Waals surface area contributed by atoms with Crippen molar-refractivity contribution >= 4 is 11.6 Å². The first kappa shape index (κ1) is 18.9. The third kappa shape index (κ3) is 4.56. The van der Waals surface area contributed by atoms with E-state index in [4.69, 9.17) is 0 Å². The third-order valence-electron chi connectivity index (χ3n) is 3.72. The molecule has 0 aliphatic heterocycles. The lowest BCUT2D eigenvalue weighted by Gasteiger charge is -2.20. The van der Waals surface area contributed by atoms with E-state index in [1.165, 1.54) is 24.5 Å². The molecule has 1 amide bonds. The summed E-state index contributed by atoms with van der Waals surface area (Å²) in [6.07, 6.45) is -3.12. The van der Waals surface area contributed by atoms with Gasteiger partial charge in [-0.25, -0.2) is 9.67 Å². The first-order valence-corrected chi connectivity index (χ1v) is 7.84. The van der Waals surface area contributed by atoms with Gasteiger partial charge in [-0.3, -0.25) is 10.1 Å². The van der Waals surface area contributed by atoms with Crippen LogP contribution < -0.4 is 10.6 Å². The Morgan fingerprint density at radius 1 is 1.28 bits per heavy atom. The van der Waals surface area contributed by atoms with Gasteiger partial charge in [-0.05, 0) is 32.9 Å². The Balaban J connectivity index is 2.06. The highest BCUT2D eigenvalue weighted by atomic mass is 19.4. The fourth-order valence-electron chi connectivity index (χ4n) is 2.46. The zero-order chi connectivity index (χ0) is 18.6. The zero-order valence-electron chi connectivity index (χ0n) is 14.1. The van der Waals surface area contributed by atoms with Crippen LogP contribution in [0.4, 0.5) is 18.9 Å². The molecule has 0 aliphatic rings. The molecule has 2 rings (SSSR count). The highest BCUT2D eigenvalue weighted by molar-refractivity contribution is 5.95. The maximum atomic E-state index is 13.0. The van der Waals surface area contributed by atoms with E-state index < -0.39 is 23.7 Å². The number of hydrogen-bond donors (Lipinski definition) is 2. The molecule has 2 unspecified atom stereocenters. The lowest BCUT2D eigenvalue weighted by molar-refractivity contribution is -0.137. The summed E-state index contributed by atoms with van der Waals surface area (Å²) in [6, 6.07) is 3.86. The molecule has 0 fully saturated rings. The molecular formula is C16H20F3N5O. The summed E-state index contributed by atoms with van der Waals surface area (Å²) in [5.74, 6) is 0.0870. The molecule has 0 saturated carbocycles. The quantitative estimate of drug-likeness (QED) is 0.836. The molecule has 6 nitrogen and oxygen atoms in total. The van der Waals surface area contributed by atoms with Gasteiger partial charge in [-0.15, -0.1) is 0 Å². The van der Waals surface area contributed by atoms with E-state index in [-0.39, 0.29) is 11.7 Å². The maximum absolute atomic E-state index is 13.0. The molecule has 25 heavy (non-hydrogen) atoms. The van der Waals surface area contributed by atoms with E-state index >= 15 is 0 Å². The molecule has 0 spiro atoms. The van der Waals surface area contributed by atoms with Gasteiger partial charge >= 0.3 is 6.18 Å². The number of aromatic nitrogens is 3. The van der Waals surface area contributed by atoms with Crippen molar-refractivity contribution in [3.63, 3.8) is 0 Å². The van der Waals surface area contributed by atoms with E-state index in [0.717, 1.165) is 6.07 Å². The van der Waals surface area contributed by atoms with Crippen LogP contribution in [0.2, 0.25) is 0 Å². The Bertz CT molecular complexity index is 729. The van der Waals surface area contributed by atoms with Crippen molar-refractivity contribution in [2.24, 2.45) is 0 Å². The van der Waals surface area contributed by atoms with Crippen LogP contribution in [0.1, 0.15) is 38.2 Å². The van der Waals surface area contributed by atoms with Gasteiger partial charge in [-0.2, -0.15) is 18.3 Å². The molecule has 1 aromatic carbocycles. The lowest BCUT2D eigenvalue weighted by atomic mass is 10.1. The molecular weight excluding hydrogens is 335 g/mol. The van der Waals surface area contributed by atoms with Gasteiger partial charge in [-0.1, -0.05) is 12.1 Å². The second-order valence-corrected chi connectivity index (χ2v) is 5.58. The van der Waals surface area contributed by atoms with Crippen molar-refractivity contribution in [2.75, 3.05) is 5.32 Å². The number of nitrogens with zero attached hydrogens (tertiary/aromatic N) is 3. The Hall–Kier alpha value is -2.42. The minimum Gasteiger partial charge on any atom is -0.324 e. The molecule has 2 N–H and O–H groups in total. The summed E-state index contributed by atoms with van der Waals surface area (Å²) in [4.78, 5) is 16.4. The van der Waals surface area contributed by atoms with Crippen molar-refractivity contribution in [2.45, 2.75) is 45.6 Å². The van der Waals surface area contributed by atoms with Crippen molar-refractivity contribution in [3.8, 4) is 0 Å². The van der Waals surface area contributed by atoms with Crippen molar-refractivity contribution in [1.29, 1.82) is 0 Å². The summed E-state index contributed by atoms with van der Waals surface area (Å²) >= 11 is 0. The number of anilines is 1. The van der Waals surface area contributed by atoms with Gasteiger partial charge in [0.15, 0.2) is 0 Å². The number of carbonyl (C=O) groups excluding carboxylic acids is 1. The second-order valence-electron chi connectivity index (χ2n) is 5.58. The fourth-order valence-corrected chi connectivity index (χ4v) is 2.46. The van der Waals surface area contributed by atoms with E-state index in [0.29, 0.717) is 12.4 Å². The first-order chi connectivity index (χ1) is 11.7. The highest BCUT2D eigenvalue weighted by Crippen LogP contribution is 2.34. The summed E-state index contributed by atoms with van der Waals surface area (Å²) in [6.45, 7) is 5.92. The predicted octanol–water partition coefficient (Wildman–Crippen LogP) is 2.99. The van der Waals surface area contributed by atoms with Crippen LogP contribution in [0.25, 0.3) is 0 Å². The second kappa shape index (κ2) is 7.64. The lowest BCUT2D eigenvalue weighted by Crippen LogP contribution is -2.40. The molecule has 2 aromatic rings. The van der Waals surface area contributed by atoms with Crippen molar-refractivity contribution < 1.29 is 18.0 Å². The van der Waals surface area contributed by atoms with Crippen LogP contribution >= 0.6 is 0 Å². The van der Waals surface area contributed by atoms with Gasteiger partial charge in [0.25, 0.3) is 0 Å². The number of halogens is 3. The number of aryl methyl sites for hydroxylation is 1. The summed E-state index contributed by atoms with van der Waals surface area (Å²) in [7, 11) is 0. The summed E-state index contributed by atoms with van der Waals surface area (Å²) < 4.78 is 40.7. The average molecular weight is 355 g/mol. The Labute approximate surface area is 143 Å². The predicted molar refractivity (Wildman–Crippen MR) is 86.8 cm³/mol. The zero-order valence-corrected chi connectivity index (χ0v) is 14.1. The van der Waals surface area contributed by atoms with E-state index in [2.05, 4.69) is 20.7 Å². The number of amides is 1.